The molecular weight excluding hydrogens is 148 g/mol. The molecule has 0 radical (unpaired) electrons. The highest BCUT2D eigenvalue weighted by Gasteiger charge is 1.90. The van der Waals surface area contributed by atoms with Gasteiger partial charge in [0.15, 0.2) is 4.77 Å². The Bertz CT molecular complexity index is 279. The first-order chi connectivity index (χ1) is 4.72. The van der Waals surface area contributed by atoms with E-state index in [2.05, 4.69) is 15.3 Å². The first-order valence-electron chi connectivity index (χ1n) is 2.77. The lowest BCUT2D eigenvalue weighted by Crippen LogP contribution is -1.97. The Morgan fingerprint density at radius 2 is 2.50 bits per heavy atom. The lowest BCUT2D eigenvalue weighted by molar-refractivity contribution is 1.14. The van der Waals surface area contributed by atoms with Crippen LogP contribution in [0.1, 0.15) is 0 Å². The molecule has 0 unspecified atom stereocenters. The highest BCUT2D eigenvalue weighted by Crippen LogP contribution is 2.03. The van der Waals surface area contributed by atoms with Crippen LogP contribution in [-0.4, -0.2) is 17.0 Å². The molecule has 0 spiro atoms. The van der Waals surface area contributed by atoms with Gasteiger partial charge in [0, 0.05) is 13.1 Å². The number of hydrogen-bond acceptors (Lipinski definition) is 4. The summed E-state index contributed by atoms with van der Waals surface area (Å²) in [6.45, 7) is 0. The number of aromatic nitrogens is 2. The summed E-state index contributed by atoms with van der Waals surface area (Å²) in [7, 11) is 1.76. The summed E-state index contributed by atoms with van der Waals surface area (Å²) in [5.74, 6) is 1.20. The molecule has 4 nitrogen and oxygen atoms in total. The van der Waals surface area contributed by atoms with Crippen molar-refractivity contribution in [2.45, 2.75) is 0 Å². The number of nitrogens with zero attached hydrogens (tertiary/aromatic N) is 1. The first-order valence-corrected chi connectivity index (χ1v) is 3.18. The highest BCUT2D eigenvalue weighted by molar-refractivity contribution is 7.71. The van der Waals surface area contributed by atoms with Gasteiger partial charge in [-0.25, -0.2) is 4.98 Å². The molecule has 0 aromatic carbocycles. The normalized spacial score (nSPS) is 9.30. The van der Waals surface area contributed by atoms with Crippen molar-refractivity contribution < 1.29 is 0 Å². The first kappa shape index (κ1) is 7.01. The van der Waals surface area contributed by atoms with Gasteiger partial charge in [-0.05, 0) is 12.2 Å². The van der Waals surface area contributed by atoms with Crippen LogP contribution >= 0.6 is 12.2 Å². The lowest BCUT2D eigenvalue weighted by Gasteiger charge is -1.98. The minimum atomic E-state index is 0.393. The minimum Gasteiger partial charge on any atom is -0.385 e. The smallest absolute Gasteiger partial charge is 0.200 e. The maximum absolute atomic E-state index is 5.43. The molecule has 1 heterocycles. The van der Waals surface area contributed by atoms with E-state index in [1.165, 1.54) is 0 Å². The summed E-state index contributed by atoms with van der Waals surface area (Å²) in [4.78, 5) is 6.61. The molecule has 0 atom stereocenters. The van der Waals surface area contributed by atoms with E-state index in [1.54, 1.807) is 13.1 Å². The highest BCUT2D eigenvalue weighted by atomic mass is 32.1. The second-order valence-corrected chi connectivity index (χ2v) is 2.16. The van der Waals surface area contributed by atoms with Crippen LogP contribution in [0.15, 0.2) is 6.07 Å². The second kappa shape index (κ2) is 2.66. The Labute approximate surface area is 63.5 Å². The molecule has 0 aliphatic carbocycles. The van der Waals surface area contributed by atoms with Crippen LogP contribution < -0.4 is 11.1 Å². The van der Waals surface area contributed by atoms with E-state index >= 15 is 0 Å². The van der Waals surface area contributed by atoms with Gasteiger partial charge in [0.1, 0.15) is 11.6 Å². The summed E-state index contributed by atoms with van der Waals surface area (Å²) < 4.78 is 0.393. The number of nitrogens with one attached hydrogen (secondary N) is 2. The van der Waals surface area contributed by atoms with Crippen LogP contribution in [0.25, 0.3) is 0 Å². The Hall–Kier alpha value is -1.10. The van der Waals surface area contributed by atoms with E-state index < -0.39 is 0 Å². The molecule has 54 valence electrons. The number of hydrogen-bond donors (Lipinski definition) is 3. The van der Waals surface area contributed by atoms with Crippen molar-refractivity contribution in [2.24, 2.45) is 0 Å². The van der Waals surface area contributed by atoms with E-state index in [0.29, 0.717) is 16.4 Å². The van der Waals surface area contributed by atoms with E-state index in [0.717, 1.165) is 0 Å². The van der Waals surface area contributed by atoms with E-state index in [9.17, 15) is 0 Å². The summed E-state index contributed by atoms with van der Waals surface area (Å²) >= 11 is 4.77. The van der Waals surface area contributed by atoms with Gasteiger partial charge in [0.2, 0.25) is 0 Å². The van der Waals surface area contributed by atoms with Gasteiger partial charge in [-0.3, -0.25) is 0 Å². The lowest BCUT2D eigenvalue weighted by atomic mass is 10.5. The Morgan fingerprint density at radius 1 is 1.80 bits per heavy atom. The van der Waals surface area contributed by atoms with Crippen molar-refractivity contribution in [1.82, 2.24) is 9.97 Å². The van der Waals surface area contributed by atoms with Crippen molar-refractivity contribution in [3.63, 3.8) is 0 Å². The Kier molecular flexibility index (Phi) is 1.86. The zero-order valence-corrected chi connectivity index (χ0v) is 6.33. The summed E-state index contributed by atoms with van der Waals surface area (Å²) in [5, 5.41) is 2.83. The van der Waals surface area contributed by atoms with Crippen molar-refractivity contribution in [1.29, 1.82) is 0 Å². The molecule has 10 heavy (non-hydrogen) atoms. The van der Waals surface area contributed by atoms with Crippen molar-refractivity contribution >= 4 is 23.9 Å². The monoisotopic (exact) mass is 156 g/mol. The molecule has 0 fully saturated rings. The average Bonchev–Trinajstić information content (AvgIpc) is 1.85. The van der Waals surface area contributed by atoms with E-state index in [-0.39, 0.29) is 0 Å². The van der Waals surface area contributed by atoms with Crippen LogP contribution in [-0.2, 0) is 0 Å². The molecule has 0 aliphatic heterocycles. The van der Waals surface area contributed by atoms with Crippen molar-refractivity contribution in [3.05, 3.63) is 10.8 Å². The van der Waals surface area contributed by atoms with Crippen LogP contribution in [0, 0.1) is 4.77 Å². The Balaban J connectivity index is 3.19. The number of H-pyrrole nitrogens is 1. The second-order valence-electron chi connectivity index (χ2n) is 1.78. The SMILES string of the molecule is CNc1cc(N)[nH]c(=S)n1. The van der Waals surface area contributed by atoms with Gasteiger partial charge in [-0.15, -0.1) is 0 Å². The number of nitrogens with two attached hydrogens (primary N) is 1. The van der Waals surface area contributed by atoms with Crippen LogP contribution in [0.4, 0.5) is 11.6 Å². The van der Waals surface area contributed by atoms with Crippen molar-refractivity contribution in [3.8, 4) is 0 Å². The molecule has 0 saturated carbocycles. The van der Waals surface area contributed by atoms with Crippen LogP contribution in [0.3, 0.4) is 0 Å². The number of rotatable bonds is 1. The van der Waals surface area contributed by atoms with Crippen molar-refractivity contribution in [2.75, 3.05) is 18.1 Å². The van der Waals surface area contributed by atoms with Gasteiger partial charge in [0.25, 0.3) is 0 Å². The third-order valence-corrected chi connectivity index (χ3v) is 1.21. The summed E-state index contributed by atoms with van der Waals surface area (Å²) in [6, 6.07) is 1.68. The molecule has 1 rings (SSSR count). The predicted molar refractivity (Wildman–Crippen MR) is 43.4 cm³/mol. The maximum atomic E-state index is 5.43. The molecule has 1 aromatic rings. The Morgan fingerprint density at radius 3 is 3.00 bits per heavy atom. The predicted octanol–water partition coefficient (Wildman–Crippen LogP) is 0.763. The molecule has 0 aliphatic rings. The van der Waals surface area contributed by atoms with Gasteiger partial charge in [-0.2, -0.15) is 0 Å². The van der Waals surface area contributed by atoms with Gasteiger partial charge < -0.3 is 16.0 Å². The third kappa shape index (κ3) is 1.44. The summed E-state index contributed by atoms with van der Waals surface area (Å²) in [6.07, 6.45) is 0. The van der Waals surface area contributed by atoms with Crippen LogP contribution in [0.2, 0.25) is 0 Å². The fourth-order valence-corrected chi connectivity index (χ4v) is 0.821. The number of aromatic amines is 1. The molecule has 5 heteroatoms. The molecule has 0 saturated heterocycles. The fraction of sp³-hybridized carbons (Fsp3) is 0.200. The molecule has 1 aromatic heterocycles. The minimum absolute atomic E-state index is 0.393. The number of anilines is 2. The largest absolute Gasteiger partial charge is 0.385 e. The molecule has 4 N–H and O–H groups in total. The fourth-order valence-electron chi connectivity index (χ4n) is 0.605. The zero-order valence-electron chi connectivity index (χ0n) is 5.51. The average molecular weight is 156 g/mol. The quantitative estimate of drug-likeness (QED) is 0.525. The van der Waals surface area contributed by atoms with Gasteiger partial charge >= 0.3 is 0 Å². The number of nitrogen functional groups attached to an aromatic ring is 1. The van der Waals surface area contributed by atoms with Crippen LogP contribution in [0.5, 0.6) is 0 Å². The van der Waals surface area contributed by atoms with Gasteiger partial charge in [-0.1, -0.05) is 0 Å². The van der Waals surface area contributed by atoms with Gasteiger partial charge in [0.05, 0.1) is 0 Å². The maximum Gasteiger partial charge on any atom is 0.200 e. The van der Waals surface area contributed by atoms with E-state index in [1.807, 2.05) is 0 Å². The molecule has 0 amide bonds. The zero-order chi connectivity index (χ0) is 7.56. The van der Waals surface area contributed by atoms with E-state index in [4.69, 9.17) is 18.0 Å². The standard InChI is InChI=1S/C5H8N4S/c1-7-4-2-3(6)8-5(10)9-4/h2H,1H3,(H4,6,7,8,9,10). The molecule has 0 bridgehead atoms. The molecular formula is C5H8N4S. The third-order valence-electron chi connectivity index (χ3n) is 1.02. The summed E-state index contributed by atoms with van der Waals surface area (Å²) in [5.41, 5.74) is 5.43. The topological polar surface area (TPSA) is 66.7 Å².